The third-order valence-corrected chi connectivity index (χ3v) is 11.3. The van der Waals surface area contributed by atoms with Crippen molar-refractivity contribution in [3.63, 3.8) is 0 Å². The number of fused-ring (bicyclic) bond motifs is 5. The van der Waals surface area contributed by atoms with Crippen LogP contribution in [0.1, 0.15) is 112 Å². The fraction of sp³-hybridized carbons (Fsp3) is 1.00. The maximum absolute atomic E-state index is 2.78. The zero-order valence-corrected chi connectivity index (χ0v) is 20.8. The molecule has 4 fully saturated rings. The lowest BCUT2D eigenvalue weighted by Crippen LogP contribution is -2.61. The quantitative estimate of drug-likeness (QED) is 0.454. The van der Waals surface area contributed by atoms with E-state index in [2.05, 4.69) is 53.5 Å². The van der Waals surface area contributed by atoms with E-state index in [0.717, 1.165) is 47.6 Å². The largest absolute Gasteiger partial charge is 0.300 e. The number of hydrogen-bond acceptors (Lipinski definition) is 1. The summed E-state index contributed by atoms with van der Waals surface area (Å²) in [6.07, 6.45) is 16.4. The normalized spacial score (nSPS) is 48.8. The molecule has 0 amide bonds. The highest BCUT2D eigenvalue weighted by Crippen LogP contribution is 2.67. The minimum absolute atomic E-state index is 0.590. The average Bonchev–Trinajstić information content (AvgIpc) is 3.02. The molecule has 3 saturated carbocycles. The maximum atomic E-state index is 2.78. The van der Waals surface area contributed by atoms with Crippen LogP contribution in [-0.4, -0.2) is 24.0 Å². The van der Waals surface area contributed by atoms with Gasteiger partial charge in [0.1, 0.15) is 0 Å². The van der Waals surface area contributed by atoms with Crippen LogP contribution < -0.4 is 0 Å². The van der Waals surface area contributed by atoms with Crippen molar-refractivity contribution < 1.29 is 0 Å². The van der Waals surface area contributed by atoms with Crippen LogP contribution in [0.25, 0.3) is 0 Å². The summed E-state index contributed by atoms with van der Waals surface area (Å²) in [5.74, 6) is 5.88. The van der Waals surface area contributed by atoms with Crippen molar-refractivity contribution in [3.05, 3.63) is 0 Å². The van der Waals surface area contributed by atoms with E-state index in [4.69, 9.17) is 0 Å². The summed E-state index contributed by atoms with van der Waals surface area (Å²) in [4.78, 5) is 2.78. The highest BCUT2D eigenvalue weighted by Gasteiger charge is 2.61. The fourth-order valence-electron chi connectivity index (χ4n) is 9.51. The zero-order chi connectivity index (χ0) is 21.0. The molecule has 0 radical (unpaired) electrons. The van der Waals surface area contributed by atoms with Crippen LogP contribution in [0.2, 0.25) is 0 Å². The lowest BCUT2D eigenvalue weighted by molar-refractivity contribution is -0.135. The van der Waals surface area contributed by atoms with Gasteiger partial charge < -0.3 is 4.90 Å². The van der Waals surface area contributed by atoms with Crippen LogP contribution in [0.15, 0.2) is 0 Å². The van der Waals surface area contributed by atoms with Crippen LogP contribution >= 0.6 is 0 Å². The molecule has 4 aliphatic rings. The van der Waals surface area contributed by atoms with Gasteiger partial charge in [0.2, 0.25) is 0 Å². The predicted molar refractivity (Wildman–Crippen MR) is 126 cm³/mol. The van der Waals surface area contributed by atoms with Crippen LogP contribution in [0, 0.1) is 46.3 Å². The second-order valence-electron chi connectivity index (χ2n) is 13.1. The van der Waals surface area contributed by atoms with E-state index in [0.29, 0.717) is 10.8 Å². The van der Waals surface area contributed by atoms with Crippen LogP contribution in [0.5, 0.6) is 0 Å². The van der Waals surface area contributed by atoms with Crippen molar-refractivity contribution in [1.82, 2.24) is 4.90 Å². The van der Waals surface area contributed by atoms with Gasteiger partial charge >= 0.3 is 0 Å². The number of likely N-dealkylation sites (tertiary alicyclic amines) is 1. The first-order valence-corrected chi connectivity index (χ1v) is 13.4. The highest BCUT2D eigenvalue weighted by atomic mass is 15.2. The summed E-state index contributed by atoms with van der Waals surface area (Å²) in [6, 6.07) is 1.64. The van der Waals surface area contributed by atoms with Gasteiger partial charge in [-0.3, -0.25) is 0 Å². The Morgan fingerprint density at radius 2 is 1.52 bits per heavy atom. The molecule has 0 N–H and O–H groups in total. The molecule has 1 heteroatoms. The van der Waals surface area contributed by atoms with E-state index in [1.807, 2.05) is 0 Å². The van der Waals surface area contributed by atoms with Gasteiger partial charge in [-0.2, -0.15) is 0 Å². The van der Waals surface area contributed by atoms with E-state index in [-0.39, 0.29) is 0 Å². The molecule has 168 valence electrons. The Labute approximate surface area is 182 Å². The van der Waals surface area contributed by atoms with E-state index >= 15 is 0 Å². The number of hydrogen-bond donors (Lipinski definition) is 0. The van der Waals surface area contributed by atoms with Crippen molar-refractivity contribution in [2.75, 3.05) is 7.05 Å². The lowest BCUT2D eigenvalue weighted by atomic mass is 9.46. The van der Waals surface area contributed by atoms with Crippen LogP contribution in [-0.2, 0) is 0 Å². The Balaban J connectivity index is 1.48. The summed E-state index contributed by atoms with van der Waals surface area (Å²) in [5.41, 5.74) is 1.24. The van der Waals surface area contributed by atoms with E-state index < -0.39 is 0 Å². The third kappa shape index (κ3) is 3.64. The third-order valence-electron chi connectivity index (χ3n) is 11.3. The van der Waals surface area contributed by atoms with Gasteiger partial charge in [-0.1, -0.05) is 53.9 Å². The first-order chi connectivity index (χ1) is 13.7. The van der Waals surface area contributed by atoms with Crippen molar-refractivity contribution in [3.8, 4) is 0 Å². The molecule has 0 spiro atoms. The van der Waals surface area contributed by atoms with Gasteiger partial charge in [0, 0.05) is 12.1 Å². The minimum atomic E-state index is 0.590. The average molecular weight is 402 g/mol. The molecule has 0 unspecified atom stereocenters. The number of piperidine rings is 1. The monoisotopic (exact) mass is 401 g/mol. The molecule has 1 nitrogen and oxygen atoms in total. The molecule has 0 aromatic heterocycles. The van der Waals surface area contributed by atoms with Gasteiger partial charge in [0.15, 0.2) is 0 Å². The van der Waals surface area contributed by atoms with Gasteiger partial charge in [-0.15, -0.1) is 0 Å². The van der Waals surface area contributed by atoms with Crippen LogP contribution in [0.4, 0.5) is 0 Å². The Kier molecular flexibility index (Phi) is 6.22. The Morgan fingerprint density at radius 3 is 2.24 bits per heavy atom. The molecule has 0 aromatic rings. The Bertz CT molecular complexity index is 569. The van der Waals surface area contributed by atoms with Crippen molar-refractivity contribution in [2.24, 2.45) is 46.3 Å². The molecule has 4 rings (SSSR count). The van der Waals surface area contributed by atoms with Gasteiger partial charge in [0.25, 0.3) is 0 Å². The van der Waals surface area contributed by atoms with Crippen molar-refractivity contribution in [1.29, 1.82) is 0 Å². The van der Waals surface area contributed by atoms with Gasteiger partial charge in [-0.05, 0) is 112 Å². The first-order valence-electron chi connectivity index (χ1n) is 13.4. The van der Waals surface area contributed by atoms with Gasteiger partial charge in [-0.25, -0.2) is 0 Å². The van der Waals surface area contributed by atoms with E-state index in [1.165, 1.54) is 64.2 Å². The standard InChI is InChI=1S/C28H51N/c1-19(2)9-8-10-20(3)23-12-13-24-22-11-14-26-28(6,17-15-21(4)29(26)7)25(22)16-18-27(23,24)5/h19-26H,8-18H2,1-7H3/t20-,21-,22-,23+,24+,25+,26-,27-,28-/m0/s1. The molecular formula is C28H51N. The van der Waals surface area contributed by atoms with Crippen molar-refractivity contribution >= 4 is 0 Å². The molecule has 1 heterocycles. The Hall–Kier alpha value is -0.0400. The number of rotatable bonds is 5. The molecule has 29 heavy (non-hydrogen) atoms. The second-order valence-corrected chi connectivity index (χ2v) is 13.1. The molecular weight excluding hydrogens is 350 g/mol. The van der Waals surface area contributed by atoms with Crippen molar-refractivity contribution in [2.45, 2.75) is 124 Å². The molecule has 0 aromatic carbocycles. The summed E-state index contributed by atoms with van der Waals surface area (Å²) in [7, 11) is 2.43. The topological polar surface area (TPSA) is 3.24 Å². The molecule has 9 atom stereocenters. The first kappa shape index (κ1) is 22.2. The highest BCUT2D eigenvalue weighted by molar-refractivity contribution is 5.11. The zero-order valence-electron chi connectivity index (χ0n) is 20.8. The summed E-state index contributed by atoms with van der Waals surface area (Å²) >= 11 is 0. The summed E-state index contributed by atoms with van der Waals surface area (Å²) < 4.78 is 0. The van der Waals surface area contributed by atoms with Crippen LogP contribution in [0.3, 0.4) is 0 Å². The molecule has 3 aliphatic carbocycles. The SMILES string of the molecule is CC(C)CCC[C@H](C)[C@H]1CC[C@@H]2[C@@H]3CC[C@@H]4N(C)[C@@H](C)CC[C@@]4(C)[C@@H]3CC[C@]21C. The predicted octanol–water partition coefficient (Wildman–Crippen LogP) is 7.79. The van der Waals surface area contributed by atoms with E-state index in [9.17, 15) is 0 Å². The van der Waals surface area contributed by atoms with Gasteiger partial charge in [0.05, 0.1) is 0 Å². The second kappa shape index (κ2) is 8.14. The number of nitrogens with zero attached hydrogens (tertiary/aromatic N) is 1. The minimum Gasteiger partial charge on any atom is -0.300 e. The maximum Gasteiger partial charge on any atom is 0.0152 e. The fourth-order valence-corrected chi connectivity index (χ4v) is 9.51. The molecule has 1 aliphatic heterocycles. The lowest BCUT2D eigenvalue weighted by Gasteiger charge is -2.63. The summed E-state index contributed by atoms with van der Waals surface area (Å²) in [6.45, 7) is 15.3. The summed E-state index contributed by atoms with van der Waals surface area (Å²) in [5, 5.41) is 0. The molecule has 1 saturated heterocycles. The molecule has 0 bridgehead atoms. The van der Waals surface area contributed by atoms with E-state index in [1.54, 1.807) is 6.42 Å². The smallest absolute Gasteiger partial charge is 0.0152 e. The Morgan fingerprint density at radius 1 is 0.828 bits per heavy atom.